The Balaban J connectivity index is 1.71. The van der Waals surface area contributed by atoms with E-state index in [2.05, 4.69) is 0 Å². The summed E-state index contributed by atoms with van der Waals surface area (Å²) in [5.41, 5.74) is 1.58. The zero-order valence-electron chi connectivity index (χ0n) is 14.1. The number of rotatable bonds is 4. The van der Waals surface area contributed by atoms with Crippen LogP contribution in [0.15, 0.2) is 24.3 Å². The van der Waals surface area contributed by atoms with Gasteiger partial charge in [-0.2, -0.15) is 4.39 Å². The molecule has 0 bridgehead atoms. The topological polar surface area (TPSA) is 27.7 Å². The molecule has 1 heterocycles. The standard InChI is InChI=1S/C20H20F2O3/c1-2-23-16-9-8-14-13-7-10-17(25-12-5-3-4-6-12)18(21)15(13)11-24-20(14)19(16)22/h7-10,12H,2-6,11H2,1H3. The minimum atomic E-state index is -0.545. The molecule has 0 radical (unpaired) electrons. The highest BCUT2D eigenvalue weighted by Gasteiger charge is 2.28. The highest BCUT2D eigenvalue weighted by molar-refractivity contribution is 5.77. The number of fused-ring (bicyclic) bond motifs is 3. The number of hydrogen-bond donors (Lipinski definition) is 0. The van der Waals surface area contributed by atoms with E-state index in [-0.39, 0.29) is 30.0 Å². The van der Waals surface area contributed by atoms with Crippen LogP contribution in [-0.4, -0.2) is 12.7 Å². The summed E-state index contributed by atoms with van der Waals surface area (Å²) in [7, 11) is 0. The monoisotopic (exact) mass is 346 g/mol. The van der Waals surface area contributed by atoms with E-state index in [0.717, 1.165) is 25.7 Å². The molecule has 0 unspecified atom stereocenters. The maximum atomic E-state index is 14.9. The molecule has 2 aliphatic rings. The molecule has 0 atom stereocenters. The van der Waals surface area contributed by atoms with Crippen LogP contribution in [-0.2, 0) is 6.61 Å². The zero-order chi connectivity index (χ0) is 17.4. The van der Waals surface area contributed by atoms with Crippen molar-refractivity contribution in [2.45, 2.75) is 45.3 Å². The Labute approximate surface area is 145 Å². The van der Waals surface area contributed by atoms with Crippen LogP contribution >= 0.6 is 0 Å². The van der Waals surface area contributed by atoms with E-state index >= 15 is 0 Å². The molecule has 1 saturated carbocycles. The SMILES string of the molecule is CCOc1ccc2c(c1F)OCc1c-2ccc(OC2CCCC2)c1F. The summed E-state index contributed by atoms with van der Waals surface area (Å²) in [5.74, 6) is -0.446. The maximum Gasteiger partial charge on any atom is 0.207 e. The van der Waals surface area contributed by atoms with Crippen LogP contribution in [0.5, 0.6) is 17.2 Å². The number of benzene rings is 2. The van der Waals surface area contributed by atoms with Crippen LogP contribution in [0.2, 0.25) is 0 Å². The van der Waals surface area contributed by atoms with Gasteiger partial charge in [0.15, 0.2) is 23.1 Å². The van der Waals surface area contributed by atoms with Crippen LogP contribution in [0.3, 0.4) is 0 Å². The number of ether oxygens (including phenoxy) is 3. The van der Waals surface area contributed by atoms with Crippen molar-refractivity contribution in [3.63, 3.8) is 0 Å². The van der Waals surface area contributed by atoms with Crippen LogP contribution in [0.25, 0.3) is 11.1 Å². The molecule has 1 fully saturated rings. The van der Waals surface area contributed by atoms with Crippen molar-refractivity contribution in [1.82, 2.24) is 0 Å². The molecule has 0 spiro atoms. The van der Waals surface area contributed by atoms with Gasteiger partial charge < -0.3 is 14.2 Å². The smallest absolute Gasteiger partial charge is 0.207 e. The molecule has 0 aromatic heterocycles. The van der Waals surface area contributed by atoms with Gasteiger partial charge in [0.1, 0.15) is 6.61 Å². The molecule has 5 heteroatoms. The molecule has 2 aromatic carbocycles. The predicted molar refractivity (Wildman–Crippen MR) is 90.2 cm³/mol. The molecule has 0 saturated heterocycles. The summed E-state index contributed by atoms with van der Waals surface area (Å²) in [4.78, 5) is 0. The van der Waals surface area contributed by atoms with Crippen molar-refractivity contribution in [3.05, 3.63) is 41.5 Å². The first-order valence-electron chi connectivity index (χ1n) is 8.75. The molecule has 0 N–H and O–H groups in total. The number of hydrogen-bond acceptors (Lipinski definition) is 3. The molecule has 0 amide bonds. The third-order valence-corrected chi connectivity index (χ3v) is 4.82. The summed E-state index contributed by atoms with van der Waals surface area (Å²) in [6.45, 7) is 2.13. The zero-order valence-corrected chi connectivity index (χ0v) is 14.1. The average Bonchev–Trinajstić information content (AvgIpc) is 3.13. The Morgan fingerprint density at radius 2 is 1.72 bits per heavy atom. The van der Waals surface area contributed by atoms with Gasteiger partial charge in [-0.05, 0) is 62.4 Å². The average molecular weight is 346 g/mol. The Bertz CT molecular complexity index is 798. The van der Waals surface area contributed by atoms with Crippen LogP contribution in [0.1, 0.15) is 38.2 Å². The van der Waals surface area contributed by atoms with Crippen molar-refractivity contribution in [3.8, 4) is 28.4 Å². The van der Waals surface area contributed by atoms with Gasteiger partial charge >= 0.3 is 0 Å². The largest absolute Gasteiger partial charge is 0.491 e. The van der Waals surface area contributed by atoms with E-state index in [1.54, 1.807) is 31.2 Å². The summed E-state index contributed by atoms with van der Waals surface area (Å²) >= 11 is 0. The van der Waals surface area contributed by atoms with Crippen molar-refractivity contribution in [2.75, 3.05) is 6.61 Å². The van der Waals surface area contributed by atoms with Crippen LogP contribution in [0, 0.1) is 11.6 Å². The first-order chi connectivity index (χ1) is 12.2. The minimum absolute atomic E-state index is 0.0253. The molecule has 1 aliphatic heterocycles. The first kappa shape index (κ1) is 16.2. The lowest BCUT2D eigenvalue weighted by molar-refractivity contribution is 0.198. The van der Waals surface area contributed by atoms with Gasteiger partial charge in [-0.3, -0.25) is 0 Å². The molecule has 25 heavy (non-hydrogen) atoms. The summed E-state index contributed by atoms with van der Waals surface area (Å²) < 4.78 is 46.0. The molecule has 3 nitrogen and oxygen atoms in total. The molecule has 132 valence electrons. The Kier molecular flexibility index (Phi) is 4.24. The van der Waals surface area contributed by atoms with Crippen LogP contribution < -0.4 is 14.2 Å². The second-order valence-corrected chi connectivity index (χ2v) is 6.40. The maximum absolute atomic E-state index is 14.9. The Hall–Kier alpha value is -2.30. The highest BCUT2D eigenvalue weighted by Crippen LogP contribution is 2.44. The fourth-order valence-electron chi connectivity index (χ4n) is 3.57. The fourth-order valence-corrected chi connectivity index (χ4v) is 3.57. The van der Waals surface area contributed by atoms with Crippen molar-refractivity contribution in [1.29, 1.82) is 0 Å². The van der Waals surface area contributed by atoms with E-state index in [1.807, 2.05) is 0 Å². The van der Waals surface area contributed by atoms with E-state index < -0.39 is 11.6 Å². The second-order valence-electron chi connectivity index (χ2n) is 6.40. The van der Waals surface area contributed by atoms with Gasteiger partial charge in [-0.1, -0.05) is 0 Å². The predicted octanol–water partition coefficient (Wildman–Crippen LogP) is 5.24. The summed E-state index contributed by atoms with van der Waals surface area (Å²) in [6.07, 6.45) is 4.24. The van der Waals surface area contributed by atoms with Crippen molar-refractivity contribution < 1.29 is 23.0 Å². The summed E-state index contributed by atoms with van der Waals surface area (Å²) in [6, 6.07) is 6.68. The van der Waals surface area contributed by atoms with Gasteiger partial charge in [-0.15, -0.1) is 0 Å². The second kappa shape index (κ2) is 6.54. The van der Waals surface area contributed by atoms with Crippen LogP contribution in [0.4, 0.5) is 8.78 Å². The lowest BCUT2D eigenvalue weighted by atomic mass is 9.96. The summed E-state index contributed by atoms with van der Waals surface area (Å²) in [5, 5.41) is 0. The highest BCUT2D eigenvalue weighted by atomic mass is 19.1. The van der Waals surface area contributed by atoms with Gasteiger partial charge in [-0.25, -0.2) is 4.39 Å². The molecule has 4 rings (SSSR count). The van der Waals surface area contributed by atoms with Gasteiger partial charge in [0.2, 0.25) is 5.82 Å². The van der Waals surface area contributed by atoms with Gasteiger partial charge in [0.25, 0.3) is 0 Å². The van der Waals surface area contributed by atoms with E-state index in [1.165, 1.54) is 0 Å². The van der Waals surface area contributed by atoms with E-state index in [0.29, 0.717) is 23.3 Å². The fraction of sp³-hybridized carbons (Fsp3) is 0.400. The van der Waals surface area contributed by atoms with Crippen molar-refractivity contribution >= 4 is 0 Å². The quantitative estimate of drug-likeness (QED) is 0.757. The lowest BCUT2D eigenvalue weighted by Crippen LogP contribution is -2.15. The van der Waals surface area contributed by atoms with Crippen molar-refractivity contribution in [2.24, 2.45) is 0 Å². The van der Waals surface area contributed by atoms with Gasteiger partial charge in [0, 0.05) is 11.1 Å². The lowest BCUT2D eigenvalue weighted by Gasteiger charge is -2.24. The minimum Gasteiger partial charge on any atom is -0.491 e. The third-order valence-electron chi connectivity index (χ3n) is 4.82. The molecule has 1 aliphatic carbocycles. The third kappa shape index (κ3) is 2.81. The molecule has 2 aromatic rings. The normalized spacial score (nSPS) is 16.1. The molecular formula is C20H20F2O3. The Morgan fingerprint density at radius 3 is 2.48 bits per heavy atom. The molecular weight excluding hydrogens is 326 g/mol. The van der Waals surface area contributed by atoms with Gasteiger partial charge in [0.05, 0.1) is 12.7 Å². The van der Waals surface area contributed by atoms with E-state index in [4.69, 9.17) is 14.2 Å². The number of halogens is 2. The van der Waals surface area contributed by atoms with E-state index in [9.17, 15) is 8.78 Å². The Morgan fingerprint density at radius 1 is 1.00 bits per heavy atom. The first-order valence-corrected chi connectivity index (χ1v) is 8.75.